The molecule has 0 aliphatic heterocycles. The van der Waals surface area contributed by atoms with Crippen molar-refractivity contribution in [2.75, 3.05) is 0 Å². The van der Waals surface area contributed by atoms with E-state index in [1.165, 1.54) is 0 Å². The molecule has 4 heteroatoms. The van der Waals surface area contributed by atoms with Gasteiger partial charge in [-0.05, 0) is 32.4 Å². The highest BCUT2D eigenvalue weighted by molar-refractivity contribution is 5.77. The number of quaternary nitrogens is 1. The van der Waals surface area contributed by atoms with Crippen LogP contribution in [0.25, 0.3) is 10.9 Å². The van der Waals surface area contributed by atoms with Crippen molar-refractivity contribution >= 4 is 10.9 Å². The van der Waals surface area contributed by atoms with Crippen LogP contribution in [0.15, 0.2) is 29.1 Å². The van der Waals surface area contributed by atoms with Crippen molar-refractivity contribution in [2.24, 2.45) is 0 Å². The molecule has 2 rings (SSSR count). The number of nitrogens with one attached hydrogen (secondary N) is 1. The lowest BCUT2D eigenvalue weighted by Gasteiger charge is -2.14. The molecule has 0 spiro atoms. The van der Waals surface area contributed by atoms with Gasteiger partial charge in [0.05, 0.1) is 16.9 Å². The average Bonchev–Trinajstić information content (AvgIpc) is 2.38. The van der Waals surface area contributed by atoms with E-state index in [1.54, 1.807) is 6.07 Å². The number of rotatable bonds is 4. The standard InChI is InChI=1S/C14H19N3O/c1-4-9(2)15-10(3)13-16-12-8-6-5-7-11(12)14(18)17-13/h5-10,15H,4H2,1-3H3,(H,16,17,18)/p+1/t9-,10-/m1/s1. The summed E-state index contributed by atoms with van der Waals surface area (Å²) in [6.45, 7) is 6.40. The molecule has 0 radical (unpaired) electrons. The van der Waals surface area contributed by atoms with Gasteiger partial charge in [-0.3, -0.25) is 4.79 Å². The Morgan fingerprint density at radius 2 is 2.06 bits per heavy atom. The van der Waals surface area contributed by atoms with Gasteiger partial charge in [0.1, 0.15) is 6.04 Å². The van der Waals surface area contributed by atoms with Crippen LogP contribution in [-0.4, -0.2) is 16.0 Å². The molecule has 0 fully saturated rings. The van der Waals surface area contributed by atoms with Gasteiger partial charge in [0.25, 0.3) is 5.56 Å². The lowest BCUT2D eigenvalue weighted by molar-refractivity contribution is -0.723. The summed E-state index contributed by atoms with van der Waals surface area (Å²) in [6, 6.07) is 8.13. The van der Waals surface area contributed by atoms with Crippen LogP contribution in [0.1, 0.15) is 39.1 Å². The summed E-state index contributed by atoms with van der Waals surface area (Å²) < 4.78 is 0. The third-order valence-corrected chi connectivity index (χ3v) is 3.32. The number of H-pyrrole nitrogens is 1. The number of aromatic nitrogens is 2. The van der Waals surface area contributed by atoms with Gasteiger partial charge in [0, 0.05) is 0 Å². The monoisotopic (exact) mass is 246 g/mol. The van der Waals surface area contributed by atoms with Gasteiger partial charge >= 0.3 is 0 Å². The highest BCUT2D eigenvalue weighted by Gasteiger charge is 2.15. The van der Waals surface area contributed by atoms with Gasteiger partial charge < -0.3 is 10.3 Å². The topological polar surface area (TPSA) is 62.4 Å². The quantitative estimate of drug-likeness (QED) is 0.855. The molecule has 0 aliphatic rings. The number of benzene rings is 1. The fourth-order valence-electron chi connectivity index (χ4n) is 2.04. The first kappa shape index (κ1) is 12.8. The van der Waals surface area contributed by atoms with E-state index < -0.39 is 0 Å². The van der Waals surface area contributed by atoms with Crippen LogP contribution in [0.4, 0.5) is 0 Å². The van der Waals surface area contributed by atoms with Crippen LogP contribution >= 0.6 is 0 Å². The predicted molar refractivity (Wildman–Crippen MR) is 72.5 cm³/mol. The predicted octanol–water partition coefficient (Wildman–Crippen LogP) is 1.35. The maximum Gasteiger partial charge on any atom is 0.258 e. The van der Waals surface area contributed by atoms with E-state index in [-0.39, 0.29) is 11.6 Å². The van der Waals surface area contributed by atoms with E-state index >= 15 is 0 Å². The summed E-state index contributed by atoms with van der Waals surface area (Å²) in [7, 11) is 0. The Balaban J connectivity index is 2.37. The summed E-state index contributed by atoms with van der Waals surface area (Å²) >= 11 is 0. The minimum absolute atomic E-state index is 0.0556. The molecule has 4 nitrogen and oxygen atoms in total. The Hall–Kier alpha value is -1.68. The van der Waals surface area contributed by atoms with Crippen molar-refractivity contribution in [3.05, 3.63) is 40.4 Å². The molecule has 2 atom stereocenters. The first-order chi connectivity index (χ1) is 8.61. The molecular weight excluding hydrogens is 226 g/mol. The molecule has 96 valence electrons. The number of aromatic amines is 1. The molecule has 0 amide bonds. The number of fused-ring (bicyclic) bond motifs is 1. The number of nitrogens with two attached hydrogens (primary N) is 1. The Bertz CT molecular complexity index is 591. The van der Waals surface area contributed by atoms with Gasteiger partial charge in [-0.2, -0.15) is 0 Å². The second kappa shape index (κ2) is 5.31. The van der Waals surface area contributed by atoms with Crippen molar-refractivity contribution in [2.45, 2.75) is 39.3 Å². The second-order valence-electron chi connectivity index (χ2n) is 4.83. The summed E-state index contributed by atoms with van der Waals surface area (Å²) in [6.07, 6.45) is 1.10. The molecule has 0 saturated carbocycles. The Morgan fingerprint density at radius 3 is 2.78 bits per heavy atom. The van der Waals surface area contributed by atoms with E-state index in [1.807, 2.05) is 18.2 Å². The van der Waals surface area contributed by atoms with E-state index in [0.29, 0.717) is 11.4 Å². The van der Waals surface area contributed by atoms with Gasteiger partial charge in [-0.25, -0.2) is 4.98 Å². The molecule has 2 aromatic rings. The molecule has 1 heterocycles. The number of para-hydroxylation sites is 1. The molecule has 0 bridgehead atoms. The lowest BCUT2D eigenvalue weighted by Crippen LogP contribution is -2.89. The largest absolute Gasteiger partial charge is 0.336 e. The Labute approximate surface area is 106 Å². The van der Waals surface area contributed by atoms with Gasteiger partial charge in [-0.15, -0.1) is 0 Å². The third-order valence-electron chi connectivity index (χ3n) is 3.32. The molecule has 1 aromatic carbocycles. The zero-order chi connectivity index (χ0) is 13.1. The highest BCUT2D eigenvalue weighted by Crippen LogP contribution is 2.08. The third kappa shape index (κ3) is 2.59. The molecule has 0 saturated heterocycles. The van der Waals surface area contributed by atoms with Crippen LogP contribution in [0.5, 0.6) is 0 Å². The van der Waals surface area contributed by atoms with Crippen LogP contribution in [0.2, 0.25) is 0 Å². The zero-order valence-electron chi connectivity index (χ0n) is 11.1. The SMILES string of the molecule is CC[C@@H](C)[NH2+][C@H](C)c1nc2ccccc2c(=O)[nH]1. The maximum atomic E-state index is 11.9. The van der Waals surface area contributed by atoms with Crippen LogP contribution in [0.3, 0.4) is 0 Å². The van der Waals surface area contributed by atoms with Gasteiger partial charge in [0.15, 0.2) is 5.82 Å². The fraction of sp³-hybridized carbons (Fsp3) is 0.429. The molecule has 1 aromatic heterocycles. The highest BCUT2D eigenvalue weighted by atomic mass is 16.1. The molecule has 3 N–H and O–H groups in total. The number of nitrogens with zero attached hydrogens (tertiary/aromatic N) is 1. The van der Waals surface area contributed by atoms with Crippen LogP contribution < -0.4 is 10.9 Å². The summed E-state index contributed by atoms with van der Waals surface area (Å²) in [4.78, 5) is 19.4. The minimum Gasteiger partial charge on any atom is -0.336 e. The maximum absolute atomic E-state index is 11.9. The van der Waals surface area contributed by atoms with Crippen molar-refractivity contribution in [1.29, 1.82) is 0 Å². The molecule has 0 unspecified atom stereocenters. The van der Waals surface area contributed by atoms with Gasteiger partial charge in [-0.1, -0.05) is 19.1 Å². The zero-order valence-corrected chi connectivity index (χ0v) is 11.1. The van der Waals surface area contributed by atoms with E-state index in [9.17, 15) is 4.79 Å². The van der Waals surface area contributed by atoms with Crippen LogP contribution in [-0.2, 0) is 0 Å². The smallest absolute Gasteiger partial charge is 0.258 e. The number of hydrogen-bond donors (Lipinski definition) is 2. The molecule has 0 aliphatic carbocycles. The molecular formula is C14H20N3O+. The van der Waals surface area contributed by atoms with Crippen molar-refractivity contribution in [3.8, 4) is 0 Å². The fourth-order valence-corrected chi connectivity index (χ4v) is 2.04. The van der Waals surface area contributed by atoms with E-state index in [4.69, 9.17) is 0 Å². The second-order valence-corrected chi connectivity index (χ2v) is 4.83. The summed E-state index contributed by atoms with van der Waals surface area (Å²) in [5.41, 5.74) is 0.709. The van der Waals surface area contributed by atoms with Crippen molar-refractivity contribution < 1.29 is 5.32 Å². The van der Waals surface area contributed by atoms with E-state index in [0.717, 1.165) is 17.8 Å². The van der Waals surface area contributed by atoms with Crippen LogP contribution in [0, 0.1) is 0 Å². The minimum atomic E-state index is -0.0556. The Morgan fingerprint density at radius 1 is 1.33 bits per heavy atom. The van der Waals surface area contributed by atoms with Crippen molar-refractivity contribution in [3.63, 3.8) is 0 Å². The lowest BCUT2D eigenvalue weighted by atomic mass is 10.2. The first-order valence-corrected chi connectivity index (χ1v) is 6.45. The molecule has 18 heavy (non-hydrogen) atoms. The summed E-state index contributed by atoms with van der Waals surface area (Å²) in [5.74, 6) is 0.749. The normalized spacial score (nSPS) is 14.6. The first-order valence-electron chi connectivity index (χ1n) is 6.45. The van der Waals surface area contributed by atoms with Gasteiger partial charge in [0.2, 0.25) is 0 Å². The van der Waals surface area contributed by atoms with E-state index in [2.05, 4.69) is 36.1 Å². The average molecular weight is 246 g/mol. The van der Waals surface area contributed by atoms with Crippen molar-refractivity contribution in [1.82, 2.24) is 9.97 Å². The Kier molecular flexibility index (Phi) is 3.77. The number of hydrogen-bond acceptors (Lipinski definition) is 2. The summed E-state index contributed by atoms with van der Waals surface area (Å²) in [5, 5.41) is 2.88.